The van der Waals surface area contributed by atoms with Crippen LogP contribution in [0, 0.1) is 0 Å². The highest BCUT2D eigenvalue weighted by Crippen LogP contribution is 2.10. The van der Waals surface area contributed by atoms with E-state index in [1.165, 1.54) is 32.1 Å². The highest BCUT2D eigenvalue weighted by Gasteiger charge is 2.18. The van der Waals surface area contributed by atoms with Gasteiger partial charge in [0.15, 0.2) is 5.96 Å². The van der Waals surface area contributed by atoms with Gasteiger partial charge in [0.25, 0.3) is 0 Å². The van der Waals surface area contributed by atoms with Crippen LogP contribution in [0.15, 0.2) is 4.99 Å². The summed E-state index contributed by atoms with van der Waals surface area (Å²) >= 11 is 0. The molecule has 128 valence electrons. The average molecular weight is 431 g/mol. The van der Waals surface area contributed by atoms with Crippen LogP contribution >= 0.6 is 24.0 Å². The summed E-state index contributed by atoms with van der Waals surface area (Å²) in [5, 5.41) is 3.03. The van der Waals surface area contributed by atoms with Crippen LogP contribution in [0.4, 0.5) is 0 Å². The number of halogens is 1. The van der Waals surface area contributed by atoms with Crippen LogP contribution in [0.1, 0.15) is 66.2 Å². The highest BCUT2D eigenvalue weighted by atomic mass is 127. The quantitative estimate of drug-likeness (QED) is 0.241. The SMILES string of the molecule is CCCCCCCCN=C(N)NCCS(=O)C(C)(C)C.I. The van der Waals surface area contributed by atoms with Crippen LogP contribution in [0.2, 0.25) is 0 Å². The summed E-state index contributed by atoms with van der Waals surface area (Å²) in [7, 11) is -0.839. The Bertz CT molecular complexity index is 304. The highest BCUT2D eigenvalue weighted by molar-refractivity contribution is 14.0. The molecule has 0 spiro atoms. The lowest BCUT2D eigenvalue weighted by atomic mass is 10.1. The van der Waals surface area contributed by atoms with E-state index in [0.29, 0.717) is 18.3 Å². The fourth-order valence-electron chi connectivity index (χ4n) is 1.73. The number of unbranched alkanes of at least 4 members (excludes halogenated alkanes) is 5. The van der Waals surface area contributed by atoms with Crippen molar-refractivity contribution in [2.75, 3.05) is 18.8 Å². The van der Waals surface area contributed by atoms with Gasteiger partial charge >= 0.3 is 0 Å². The molecule has 0 heterocycles. The van der Waals surface area contributed by atoms with Gasteiger partial charge in [-0.3, -0.25) is 9.20 Å². The largest absolute Gasteiger partial charge is 0.370 e. The van der Waals surface area contributed by atoms with Crippen LogP contribution in [-0.2, 0) is 10.8 Å². The number of aliphatic imine (C=N–C) groups is 1. The molecule has 0 saturated carbocycles. The Labute approximate surface area is 150 Å². The Morgan fingerprint density at radius 3 is 2.29 bits per heavy atom. The summed E-state index contributed by atoms with van der Waals surface area (Å²) in [6, 6.07) is 0. The standard InChI is InChI=1S/C15H33N3OS.HI/c1-5-6-7-8-9-10-11-17-14(16)18-12-13-20(19)15(2,3)4;/h5-13H2,1-4H3,(H3,16,17,18);1H. The second-order valence-corrected chi connectivity index (χ2v) is 8.45. The first kappa shape index (κ1) is 23.4. The topological polar surface area (TPSA) is 67.5 Å². The minimum atomic E-state index is -0.839. The number of guanidine groups is 1. The van der Waals surface area contributed by atoms with Crippen molar-refractivity contribution in [3.8, 4) is 0 Å². The fraction of sp³-hybridized carbons (Fsp3) is 0.933. The van der Waals surface area contributed by atoms with Crippen LogP contribution in [-0.4, -0.2) is 33.8 Å². The predicted octanol–water partition coefficient (Wildman–Crippen LogP) is 3.42. The molecular weight excluding hydrogens is 397 g/mol. The Hall–Kier alpha value is 0.150. The van der Waals surface area contributed by atoms with Crippen molar-refractivity contribution in [2.24, 2.45) is 10.7 Å². The van der Waals surface area contributed by atoms with Crippen molar-refractivity contribution in [1.29, 1.82) is 0 Å². The third kappa shape index (κ3) is 14.8. The van der Waals surface area contributed by atoms with E-state index >= 15 is 0 Å². The molecule has 0 saturated heterocycles. The number of hydrogen-bond acceptors (Lipinski definition) is 2. The lowest BCUT2D eigenvalue weighted by molar-refractivity contribution is 0.611. The summed E-state index contributed by atoms with van der Waals surface area (Å²) in [5.41, 5.74) is 5.77. The second-order valence-electron chi connectivity index (χ2n) is 6.12. The van der Waals surface area contributed by atoms with Gasteiger partial charge in [-0.15, -0.1) is 24.0 Å². The molecule has 0 fully saturated rings. The maximum absolute atomic E-state index is 11.8. The summed E-state index contributed by atoms with van der Waals surface area (Å²) in [6.45, 7) is 9.59. The maximum atomic E-state index is 11.8. The molecule has 0 aliphatic heterocycles. The molecule has 0 rings (SSSR count). The molecule has 4 nitrogen and oxygen atoms in total. The summed E-state index contributed by atoms with van der Waals surface area (Å²) in [4.78, 5) is 4.29. The van der Waals surface area contributed by atoms with Gasteiger partial charge < -0.3 is 11.1 Å². The van der Waals surface area contributed by atoms with Crippen LogP contribution in [0.5, 0.6) is 0 Å². The van der Waals surface area contributed by atoms with Gasteiger partial charge in [-0.1, -0.05) is 39.0 Å². The molecule has 0 bridgehead atoms. The fourth-order valence-corrected chi connectivity index (χ4v) is 2.63. The Kier molecular flexibility index (Phi) is 15.4. The summed E-state index contributed by atoms with van der Waals surface area (Å²) in [5.74, 6) is 1.08. The molecule has 0 aliphatic rings. The Balaban J connectivity index is 0. The van der Waals surface area contributed by atoms with Crippen molar-refractivity contribution in [2.45, 2.75) is 71.0 Å². The van der Waals surface area contributed by atoms with Crippen molar-refractivity contribution in [3.05, 3.63) is 0 Å². The van der Waals surface area contributed by atoms with Crippen molar-refractivity contribution in [1.82, 2.24) is 5.32 Å². The van der Waals surface area contributed by atoms with Gasteiger partial charge in [-0.25, -0.2) is 0 Å². The van der Waals surface area contributed by atoms with E-state index in [0.717, 1.165) is 13.0 Å². The van der Waals surface area contributed by atoms with Gasteiger partial charge in [0.2, 0.25) is 0 Å². The normalized spacial score (nSPS) is 13.6. The molecule has 21 heavy (non-hydrogen) atoms. The molecule has 0 aromatic carbocycles. The van der Waals surface area contributed by atoms with E-state index in [4.69, 9.17) is 5.73 Å². The van der Waals surface area contributed by atoms with Gasteiger partial charge in [-0.05, 0) is 27.2 Å². The first-order valence-electron chi connectivity index (χ1n) is 7.80. The summed E-state index contributed by atoms with van der Waals surface area (Å²) < 4.78 is 11.7. The Morgan fingerprint density at radius 1 is 1.14 bits per heavy atom. The minimum absolute atomic E-state index is 0. The zero-order chi connectivity index (χ0) is 15.4. The van der Waals surface area contributed by atoms with E-state index in [1.54, 1.807) is 0 Å². The van der Waals surface area contributed by atoms with Gasteiger partial charge in [0.1, 0.15) is 0 Å². The van der Waals surface area contributed by atoms with E-state index in [2.05, 4.69) is 17.2 Å². The smallest absolute Gasteiger partial charge is 0.188 e. The van der Waals surface area contributed by atoms with Crippen molar-refractivity contribution in [3.63, 3.8) is 0 Å². The first-order chi connectivity index (χ1) is 9.38. The maximum Gasteiger partial charge on any atom is 0.188 e. The molecule has 6 heteroatoms. The van der Waals surface area contributed by atoms with Crippen molar-refractivity contribution < 1.29 is 4.21 Å². The van der Waals surface area contributed by atoms with Crippen LogP contribution in [0.25, 0.3) is 0 Å². The van der Waals surface area contributed by atoms with Crippen molar-refractivity contribution >= 4 is 40.7 Å². The van der Waals surface area contributed by atoms with E-state index in [9.17, 15) is 4.21 Å². The van der Waals surface area contributed by atoms with E-state index in [1.807, 2.05) is 20.8 Å². The third-order valence-corrected chi connectivity index (χ3v) is 5.01. The predicted molar refractivity (Wildman–Crippen MR) is 106 cm³/mol. The summed E-state index contributed by atoms with van der Waals surface area (Å²) in [6.07, 6.45) is 7.56. The molecule has 0 amide bonds. The lowest BCUT2D eigenvalue weighted by Crippen LogP contribution is -2.36. The molecule has 0 aliphatic carbocycles. The molecule has 0 aromatic rings. The number of nitrogens with one attached hydrogen (secondary N) is 1. The monoisotopic (exact) mass is 431 g/mol. The molecular formula is C15H34IN3OS. The minimum Gasteiger partial charge on any atom is -0.370 e. The number of nitrogens with two attached hydrogens (primary N) is 1. The first-order valence-corrected chi connectivity index (χ1v) is 9.12. The molecule has 1 unspecified atom stereocenters. The van der Waals surface area contributed by atoms with E-state index < -0.39 is 10.8 Å². The molecule has 3 N–H and O–H groups in total. The number of hydrogen-bond donors (Lipinski definition) is 2. The van der Waals surface area contributed by atoms with Crippen LogP contribution in [0.3, 0.4) is 0 Å². The van der Waals surface area contributed by atoms with Gasteiger partial charge in [0, 0.05) is 34.4 Å². The average Bonchev–Trinajstić information content (AvgIpc) is 2.36. The Morgan fingerprint density at radius 2 is 1.71 bits per heavy atom. The van der Waals surface area contributed by atoms with Gasteiger partial charge in [0.05, 0.1) is 0 Å². The lowest BCUT2D eigenvalue weighted by Gasteiger charge is -2.17. The van der Waals surface area contributed by atoms with Crippen LogP contribution < -0.4 is 11.1 Å². The third-order valence-electron chi connectivity index (χ3n) is 3.07. The van der Waals surface area contributed by atoms with Gasteiger partial charge in [-0.2, -0.15) is 0 Å². The number of rotatable bonds is 10. The molecule has 1 atom stereocenters. The molecule has 0 radical (unpaired) electrons. The zero-order valence-electron chi connectivity index (χ0n) is 14.1. The van der Waals surface area contributed by atoms with E-state index in [-0.39, 0.29) is 28.7 Å². The zero-order valence-corrected chi connectivity index (χ0v) is 17.3. The molecule has 0 aromatic heterocycles. The number of nitrogens with zero attached hydrogens (tertiary/aromatic N) is 1. The second kappa shape index (κ2) is 13.8.